The van der Waals surface area contributed by atoms with Crippen LogP contribution in [0.5, 0.6) is 0 Å². The van der Waals surface area contributed by atoms with Gasteiger partial charge in [0.15, 0.2) is 5.78 Å². The summed E-state index contributed by atoms with van der Waals surface area (Å²) in [5, 5.41) is 0. The Bertz CT molecular complexity index is 465. The summed E-state index contributed by atoms with van der Waals surface area (Å²) in [6, 6.07) is 9.28. The number of carbonyl (C=O) groups is 2. The maximum atomic E-state index is 12.2. The summed E-state index contributed by atoms with van der Waals surface area (Å²) in [6.07, 6.45) is 1.93. The van der Waals surface area contributed by atoms with Crippen LogP contribution in [0.4, 0.5) is 0 Å². The highest BCUT2D eigenvalue weighted by Crippen LogP contribution is 2.15. The molecule has 2 rings (SSSR count). The number of hydrogen-bond donors (Lipinski definition) is 0. The predicted molar refractivity (Wildman–Crippen MR) is 78.7 cm³/mol. The van der Waals surface area contributed by atoms with E-state index < -0.39 is 0 Å². The smallest absolute Gasteiger partial charge is 0.230 e. The van der Waals surface area contributed by atoms with Gasteiger partial charge in [-0.3, -0.25) is 9.59 Å². The second-order valence-electron chi connectivity index (χ2n) is 5.51. The van der Waals surface area contributed by atoms with Gasteiger partial charge in [-0.25, -0.2) is 0 Å². The number of benzene rings is 1. The van der Waals surface area contributed by atoms with Crippen LogP contribution in [-0.4, -0.2) is 54.7 Å². The second-order valence-corrected chi connectivity index (χ2v) is 5.51. The Balaban J connectivity index is 1.89. The zero-order chi connectivity index (χ0) is 14.5. The lowest BCUT2D eigenvalue weighted by Crippen LogP contribution is -2.44. The van der Waals surface area contributed by atoms with Crippen molar-refractivity contribution in [3.8, 4) is 0 Å². The summed E-state index contributed by atoms with van der Waals surface area (Å²) >= 11 is 0. The molecule has 0 radical (unpaired) electrons. The molecule has 1 aromatic carbocycles. The fourth-order valence-electron chi connectivity index (χ4n) is 2.57. The highest BCUT2D eigenvalue weighted by Gasteiger charge is 2.25. The summed E-state index contributed by atoms with van der Waals surface area (Å²) in [6.45, 7) is 2.02. The quantitative estimate of drug-likeness (QED) is 0.621. The van der Waals surface area contributed by atoms with E-state index in [-0.39, 0.29) is 24.2 Å². The maximum absolute atomic E-state index is 12.2. The van der Waals surface area contributed by atoms with Crippen molar-refractivity contribution in [3.05, 3.63) is 35.9 Å². The van der Waals surface area contributed by atoms with Crippen LogP contribution in [0.2, 0.25) is 0 Å². The largest absolute Gasteiger partial charge is 0.342 e. The normalized spacial score (nSPS) is 16.9. The lowest BCUT2D eigenvalue weighted by molar-refractivity contribution is -0.131. The predicted octanol–water partition coefficient (Wildman–Crippen LogP) is 1.81. The first kappa shape index (κ1) is 14.7. The molecule has 0 aliphatic carbocycles. The third-order valence-corrected chi connectivity index (χ3v) is 4.04. The minimum absolute atomic E-state index is 0.0349. The Kier molecular flexibility index (Phi) is 4.90. The van der Waals surface area contributed by atoms with E-state index in [1.54, 1.807) is 17.0 Å². The zero-order valence-electron chi connectivity index (χ0n) is 12.2. The molecule has 1 aromatic rings. The second kappa shape index (κ2) is 6.66. The van der Waals surface area contributed by atoms with E-state index in [1.807, 2.05) is 25.2 Å². The van der Waals surface area contributed by atoms with Gasteiger partial charge in [-0.05, 0) is 33.0 Å². The molecule has 0 atom stereocenters. The van der Waals surface area contributed by atoms with Crippen molar-refractivity contribution in [1.29, 1.82) is 0 Å². The Morgan fingerprint density at radius 2 is 1.80 bits per heavy atom. The molecule has 0 N–H and O–H groups in total. The SMILES string of the molecule is CN1CCC(N(C)C(=O)CC(=O)c2ccccc2)CC1. The average Bonchev–Trinajstić information content (AvgIpc) is 2.48. The number of nitrogens with zero attached hydrogens (tertiary/aromatic N) is 2. The molecule has 1 aliphatic heterocycles. The van der Waals surface area contributed by atoms with E-state index in [4.69, 9.17) is 0 Å². The van der Waals surface area contributed by atoms with Crippen LogP contribution in [0, 0.1) is 0 Å². The van der Waals surface area contributed by atoms with Gasteiger partial charge in [0, 0.05) is 18.7 Å². The summed E-state index contributed by atoms with van der Waals surface area (Å²) in [4.78, 5) is 28.3. The van der Waals surface area contributed by atoms with Crippen LogP contribution in [0.25, 0.3) is 0 Å². The molecular weight excluding hydrogens is 252 g/mol. The molecule has 1 saturated heterocycles. The van der Waals surface area contributed by atoms with Crippen LogP contribution in [0.3, 0.4) is 0 Å². The van der Waals surface area contributed by atoms with E-state index in [2.05, 4.69) is 11.9 Å². The van der Waals surface area contributed by atoms with Crippen LogP contribution in [-0.2, 0) is 4.79 Å². The summed E-state index contributed by atoms with van der Waals surface area (Å²) in [5.41, 5.74) is 0.609. The highest BCUT2D eigenvalue weighted by atomic mass is 16.2. The van der Waals surface area contributed by atoms with Gasteiger partial charge in [0.2, 0.25) is 5.91 Å². The van der Waals surface area contributed by atoms with Gasteiger partial charge in [-0.2, -0.15) is 0 Å². The van der Waals surface area contributed by atoms with Gasteiger partial charge >= 0.3 is 0 Å². The molecule has 4 nitrogen and oxygen atoms in total. The Hall–Kier alpha value is -1.68. The Labute approximate surface area is 120 Å². The van der Waals surface area contributed by atoms with Crippen LogP contribution in [0.15, 0.2) is 30.3 Å². The minimum Gasteiger partial charge on any atom is -0.342 e. The first-order valence-electron chi connectivity index (χ1n) is 7.10. The molecule has 0 unspecified atom stereocenters. The van der Waals surface area contributed by atoms with E-state index in [0.29, 0.717) is 5.56 Å². The van der Waals surface area contributed by atoms with Crippen molar-refractivity contribution in [2.24, 2.45) is 0 Å². The molecule has 1 aliphatic rings. The fraction of sp³-hybridized carbons (Fsp3) is 0.500. The molecular formula is C16H22N2O2. The Morgan fingerprint density at radius 1 is 1.20 bits per heavy atom. The van der Waals surface area contributed by atoms with Crippen molar-refractivity contribution in [3.63, 3.8) is 0 Å². The van der Waals surface area contributed by atoms with Gasteiger partial charge in [-0.1, -0.05) is 30.3 Å². The van der Waals surface area contributed by atoms with Gasteiger partial charge in [0.25, 0.3) is 0 Å². The van der Waals surface area contributed by atoms with Crippen molar-refractivity contribution < 1.29 is 9.59 Å². The molecule has 4 heteroatoms. The number of likely N-dealkylation sites (tertiary alicyclic amines) is 1. The number of piperidine rings is 1. The number of rotatable bonds is 4. The molecule has 20 heavy (non-hydrogen) atoms. The van der Waals surface area contributed by atoms with Crippen molar-refractivity contribution in [2.75, 3.05) is 27.2 Å². The lowest BCUT2D eigenvalue weighted by Gasteiger charge is -2.35. The Morgan fingerprint density at radius 3 is 2.40 bits per heavy atom. The third kappa shape index (κ3) is 3.67. The van der Waals surface area contributed by atoms with Gasteiger partial charge in [-0.15, -0.1) is 0 Å². The number of Topliss-reactive ketones (excluding diaryl/α,β-unsaturated/α-hetero) is 1. The van der Waals surface area contributed by atoms with Crippen LogP contribution >= 0.6 is 0 Å². The zero-order valence-corrected chi connectivity index (χ0v) is 12.2. The van der Waals surface area contributed by atoms with Gasteiger partial charge in [0.1, 0.15) is 0 Å². The average molecular weight is 274 g/mol. The monoisotopic (exact) mass is 274 g/mol. The van der Waals surface area contributed by atoms with Crippen LogP contribution < -0.4 is 0 Å². The molecule has 0 saturated carbocycles. The van der Waals surface area contributed by atoms with E-state index in [1.165, 1.54) is 0 Å². The summed E-state index contributed by atoms with van der Waals surface area (Å²) in [5.74, 6) is -0.177. The number of carbonyl (C=O) groups excluding carboxylic acids is 2. The number of hydrogen-bond acceptors (Lipinski definition) is 3. The molecule has 108 valence electrons. The number of ketones is 1. The van der Waals surface area contributed by atoms with E-state index in [0.717, 1.165) is 25.9 Å². The first-order valence-corrected chi connectivity index (χ1v) is 7.10. The van der Waals surface area contributed by atoms with Crippen molar-refractivity contribution in [1.82, 2.24) is 9.80 Å². The standard InChI is InChI=1S/C16H22N2O2/c1-17-10-8-14(9-11-17)18(2)16(20)12-15(19)13-6-4-3-5-7-13/h3-7,14H,8-12H2,1-2H3. The summed E-state index contributed by atoms with van der Waals surface area (Å²) < 4.78 is 0. The molecule has 1 heterocycles. The van der Waals surface area contributed by atoms with Gasteiger partial charge < -0.3 is 9.80 Å². The van der Waals surface area contributed by atoms with E-state index in [9.17, 15) is 9.59 Å². The topological polar surface area (TPSA) is 40.6 Å². The van der Waals surface area contributed by atoms with Crippen LogP contribution in [0.1, 0.15) is 29.6 Å². The molecule has 0 aromatic heterocycles. The highest BCUT2D eigenvalue weighted by molar-refractivity contribution is 6.07. The maximum Gasteiger partial charge on any atom is 0.230 e. The van der Waals surface area contributed by atoms with Gasteiger partial charge in [0.05, 0.1) is 6.42 Å². The molecule has 0 bridgehead atoms. The first-order chi connectivity index (χ1) is 9.58. The molecule has 1 amide bonds. The third-order valence-electron chi connectivity index (χ3n) is 4.04. The molecule has 0 spiro atoms. The fourth-order valence-corrected chi connectivity index (χ4v) is 2.57. The summed E-state index contributed by atoms with van der Waals surface area (Å²) in [7, 11) is 3.91. The van der Waals surface area contributed by atoms with E-state index >= 15 is 0 Å². The number of amides is 1. The lowest BCUT2D eigenvalue weighted by atomic mass is 10.0. The van der Waals surface area contributed by atoms with Crippen molar-refractivity contribution in [2.45, 2.75) is 25.3 Å². The minimum atomic E-state index is -0.102. The van der Waals surface area contributed by atoms with Crippen molar-refractivity contribution >= 4 is 11.7 Å². The molecule has 1 fully saturated rings.